The van der Waals surface area contributed by atoms with E-state index in [0.717, 1.165) is 38.2 Å². The van der Waals surface area contributed by atoms with Gasteiger partial charge in [0.25, 0.3) is 0 Å². The zero-order valence-electron chi connectivity index (χ0n) is 30.9. The molecule has 0 fully saturated rings. The minimum Gasteiger partial charge on any atom is -0.435 e. The summed E-state index contributed by atoms with van der Waals surface area (Å²) in [5.74, 6) is 0.634. The van der Waals surface area contributed by atoms with Crippen molar-refractivity contribution in [2.75, 3.05) is 0 Å². The van der Waals surface area contributed by atoms with Gasteiger partial charge in [0.1, 0.15) is 5.52 Å². The van der Waals surface area contributed by atoms with E-state index in [1.165, 1.54) is 76.5 Å². The molecule has 0 aliphatic rings. The van der Waals surface area contributed by atoms with Gasteiger partial charge in [-0.1, -0.05) is 176 Å². The fourth-order valence-electron chi connectivity index (χ4n) is 9.40. The first-order valence-corrected chi connectivity index (χ1v) is 19.5. The number of benzene rings is 11. The van der Waals surface area contributed by atoms with Crippen molar-refractivity contribution in [1.82, 2.24) is 4.98 Å². The molecule has 0 amide bonds. The van der Waals surface area contributed by atoms with Gasteiger partial charge in [0.05, 0.1) is 0 Å². The smallest absolute Gasteiger partial charge is 0.227 e. The van der Waals surface area contributed by atoms with E-state index in [1.54, 1.807) is 0 Å². The van der Waals surface area contributed by atoms with Crippen molar-refractivity contribution in [3.63, 3.8) is 0 Å². The first kappa shape index (κ1) is 31.8. The maximum atomic E-state index is 6.63. The molecule has 2 heteroatoms. The number of hydrogen-bond acceptors (Lipinski definition) is 2. The third kappa shape index (κ3) is 4.81. The van der Waals surface area contributed by atoms with E-state index in [4.69, 9.17) is 9.40 Å². The van der Waals surface area contributed by atoms with Gasteiger partial charge in [0.15, 0.2) is 5.58 Å². The lowest BCUT2D eigenvalue weighted by molar-refractivity contribution is 0.623. The monoisotopic (exact) mass is 723 g/mol. The Morgan fingerprint density at radius 3 is 1.37 bits per heavy atom. The van der Waals surface area contributed by atoms with Crippen LogP contribution in [0.25, 0.3) is 121 Å². The van der Waals surface area contributed by atoms with Gasteiger partial charge in [-0.25, -0.2) is 4.98 Å². The maximum Gasteiger partial charge on any atom is 0.227 e. The van der Waals surface area contributed by atoms with Gasteiger partial charge in [-0.15, -0.1) is 0 Å². The van der Waals surface area contributed by atoms with E-state index in [2.05, 4.69) is 170 Å². The Hall–Kier alpha value is -7.55. The van der Waals surface area contributed by atoms with Crippen LogP contribution in [0.5, 0.6) is 0 Å². The van der Waals surface area contributed by atoms with E-state index in [1.807, 2.05) is 30.3 Å². The van der Waals surface area contributed by atoms with Crippen LogP contribution in [0.1, 0.15) is 0 Å². The van der Waals surface area contributed by atoms with Gasteiger partial charge in [-0.3, -0.25) is 0 Å². The van der Waals surface area contributed by atoms with Crippen LogP contribution in [-0.4, -0.2) is 4.98 Å². The number of aromatic nitrogens is 1. The zero-order chi connectivity index (χ0) is 37.5. The van der Waals surface area contributed by atoms with Crippen molar-refractivity contribution in [2.45, 2.75) is 0 Å². The Bertz CT molecular complexity index is 3510. The summed E-state index contributed by atoms with van der Waals surface area (Å²) in [5, 5.41) is 14.5. The van der Waals surface area contributed by atoms with Gasteiger partial charge >= 0.3 is 0 Å². The van der Waals surface area contributed by atoms with Crippen LogP contribution in [0, 0.1) is 0 Å². The molecule has 0 atom stereocenters. The summed E-state index contributed by atoms with van der Waals surface area (Å²) in [6, 6.07) is 72.5. The fourth-order valence-corrected chi connectivity index (χ4v) is 9.40. The lowest BCUT2D eigenvalue weighted by atomic mass is 9.80. The van der Waals surface area contributed by atoms with E-state index >= 15 is 0 Å². The molecule has 0 saturated heterocycles. The second-order valence-electron chi connectivity index (χ2n) is 14.9. The summed E-state index contributed by atoms with van der Waals surface area (Å²) in [6.45, 7) is 0. The molecule has 0 aliphatic carbocycles. The Labute approximate surface area is 328 Å². The molecule has 0 radical (unpaired) electrons. The SMILES string of the molecule is c1ccc(-c2nc3ccc4ccc5ccc(-c6c7ccccc7c(-c7c(-c8ccccc8)c8ccccc8c8ccccc78)c7ccccc67)cc5c4c3o2)cc1. The minimum absolute atomic E-state index is 0.634. The lowest BCUT2D eigenvalue weighted by Crippen LogP contribution is -1.95. The van der Waals surface area contributed by atoms with E-state index in [0.29, 0.717) is 5.89 Å². The predicted octanol–water partition coefficient (Wildman–Crippen LogP) is 15.4. The summed E-state index contributed by atoms with van der Waals surface area (Å²) in [4.78, 5) is 4.94. The van der Waals surface area contributed by atoms with Crippen LogP contribution in [0.2, 0.25) is 0 Å². The Kier molecular flexibility index (Phi) is 6.96. The summed E-state index contributed by atoms with van der Waals surface area (Å²) in [5.41, 5.74) is 10.0. The molecule has 0 bridgehead atoms. The van der Waals surface area contributed by atoms with Crippen molar-refractivity contribution < 1.29 is 4.42 Å². The van der Waals surface area contributed by atoms with Gasteiger partial charge in [0.2, 0.25) is 5.89 Å². The topological polar surface area (TPSA) is 26.0 Å². The van der Waals surface area contributed by atoms with Gasteiger partial charge in [-0.2, -0.15) is 0 Å². The second-order valence-corrected chi connectivity index (χ2v) is 14.9. The molecule has 11 aromatic carbocycles. The van der Waals surface area contributed by atoms with Crippen LogP contribution < -0.4 is 0 Å². The first-order chi connectivity index (χ1) is 28.3. The Morgan fingerprint density at radius 2 is 0.754 bits per heavy atom. The van der Waals surface area contributed by atoms with Crippen molar-refractivity contribution in [1.29, 1.82) is 0 Å². The van der Waals surface area contributed by atoms with Crippen LogP contribution in [0.3, 0.4) is 0 Å². The second kappa shape index (κ2) is 12.5. The third-order valence-electron chi connectivity index (χ3n) is 11.8. The molecule has 0 N–H and O–H groups in total. The fraction of sp³-hybridized carbons (Fsp3) is 0. The summed E-state index contributed by atoms with van der Waals surface area (Å²) < 4.78 is 6.63. The Morgan fingerprint density at radius 1 is 0.298 bits per heavy atom. The first-order valence-electron chi connectivity index (χ1n) is 19.5. The highest BCUT2D eigenvalue weighted by Gasteiger charge is 2.23. The average Bonchev–Trinajstić information content (AvgIpc) is 3.73. The summed E-state index contributed by atoms with van der Waals surface area (Å²) in [7, 11) is 0. The molecule has 1 heterocycles. The van der Waals surface area contributed by atoms with Crippen LogP contribution in [0.4, 0.5) is 0 Å². The normalized spacial score (nSPS) is 11.9. The molecular formula is C55H33NO. The van der Waals surface area contributed by atoms with Crippen molar-refractivity contribution in [2.24, 2.45) is 0 Å². The van der Waals surface area contributed by atoms with Crippen molar-refractivity contribution in [3.8, 4) is 44.8 Å². The van der Waals surface area contributed by atoms with Gasteiger partial charge in [-0.05, 0) is 117 Å². The van der Waals surface area contributed by atoms with Crippen LogP contribution in [0.15, 0.2) is 205 Å². The molecular weight excluding hydrogens is 691 g/mol. The highest BCUT2D eigenvalue weighted by molar-refractivity contribution is 6.30. The lowest BCUT2D eigenvalue weighted by Gasteiger charge is -2.23. The molecule has 0 spiro atoms. The molecule has 12 rings (SSSR count). The highest BCUT2D eigenvalue weighted by atomic mass is 16.3. The predicted molar refractivity (Wildman–Crippen MR) is 241 cm³/mol. The van der Waals surface area contributed by atoms with Gasteiger partial charge in [0, 0.05) is 10.9 Å². The molecule has 57 heavy (non-hydrogen) atoms. The van der Waals surface area contributed by atoms with E-state index in [-0.39, 0.29) is 0 Å². The summed E-state index contributed by atoms with van der Waals surface area (Å²) in [6.07, 6.45) is 0. The molecule has 12 aromatic rings. The molecule has 264 valence electrons. The highest BCUT2D eigenvalue weighted by Crippen LogP contribution is 2.51. The number of hydrogen-bond donors (Lipinski definition) is 0. The quantitative estimate of drug-likeness (QED) is 0.133. The number of nitrogens with zero attached hydrogens (tertiary/aromatic N) is 1. The van der Waals surface area contributed by atoms with Crippen molar-refractivity contribution >= 4 is 75.7 Å². The largest absolute Gasteiger partial charge is 0.435 e. The number of oxazole rings is 1. The van der Waals surface area contributed by atoms with E-state index in [9.17, 15) is 0 Å². The minimum atomic E-state index is 0.634. The number of fused-ring (bicyclic) bond motifs is 10. The third-order valence-corrected chi connectivity index (χ3v) is 11.8. The maximum absolute atomic E-state index is 6.63. The molecule has 0 unspecified atom stereocenters. The van der Waals surface area contributed by atoms with Crippen LogP contribution >= 0.6 is 0 Å². The summed E-state index contributed by atoms with van der Waals surface area (Å²) >= 11 is 0. The average molecular weight is 724 g/mol. The standard InChI is InChI=1S/C55H33NO/c1-3-15-35(16-4-1)50-41-21-9-7-19-39(41)40-20-8-10-22-42(40)53(50)52-45-25-13-11-23-43(45)49(44-24-12-14-26-46(44)52)38-30-28-34-27-29-36-31-32-48-54(51(36)47(34)33-38)57-55(56-48)37-17-5-2-6-18-37/h1-33H. The zero-order valence-corrected chi connectivity index (χ0v) is 30.9. The molecule has 2 nitrogen and oxygen atoms in total. The van der Waals surface area contributed by atoms with E-state index < -0.39 is 0 Å². The van der Waals surface area contributed by atoms with Gasteiger partial charge < -0.3 is 4.42 Å². The molecule has 1 aromatic heterocycles. The Balaban J connectivity index is 1.19. The van der Waals surface area contributed by atoms with Crippen LogP contribution in [-0.2, 0) is 0 Å². The van der Waals surface area contributed by atoms with Crippen molar-refractivity contribution in [3.05, 3.63) is 200 Å². The molecule has 0 aliphatic heterocycles. The number of rotatable bonds is 4. The molecule has 0 saturated carbocycles.